The highest BCUT2D eigenvalue weighted by molar-refractivity contribution is 5.28. The van der Waals surface area contributed by atoms with Gasteiger partial charge in [0.25, 0.3) is 0 Å². The van der Waals surface area contributed by atoms with Crippen molar-refractivity contribution in [2.24, 2.45) is 5.73 Å². The van der Waals surface area contributed by atoms with Crippen molar-refractivity contribution in [3.8, 4) is 5.75 Å². The van der Waals surface area contributed by atoms with Crippen molar-refractivity contribution in [2.45, 2.75) is 25.4 Å². The summed E-state index contributed by atoms with van der Waals surface area (Å²) in [6.45, 7) is 2.21. The molecule has 3 heteroatoms. The van der Waals surface area contributed by atoms with Crippen LogP contribution < -0.4 is 10.5 Å². The van der Waals surface area contributed by atoms with E-state index < -0.39 is 0 Å². The van der Waals surface area contributed by atoms with Gasteiger partial charge in [-0.2, -0.15) is 0 Å². The van der Waals surface area contributed by atoms with E-state index in [9.17, 15) is 0 Å². The van der Waals surface area contributed by atoms with Crippen LogP contribution in [0.4, 0.5) is 0 Å². The second-order valence-electron chi connectivity index (χ2n) is 4.13. The lowest BCUT2D eigenvalue weighted by Gasteiger charge is -2.12. The molecule has 3 nitrogen and oxygen atoms in total. The molecule has 88 valence electrons. The van der Waals surface area contributed by atoms with E-state index in [1.165, 1.54) is 5.56 Å². The highest BCUT2D eigenvalue weighted by Gasteiger charge is 2.15. The zero-order chi connectivity index (χ0) is 11.2. The standard InChI is InChI=1S/C13H19NO2/c14-7-6-11-3-1-4-12(9-11)16-10-13-5-2-8-15-13/h1,3-4,9,13H,2,5-8,10,14H2. The summed E-state index contributed by atoms with van der Waals surface area (Å²) >= 11 is 0. The molecule has 0 aromatic heterocycles. The first kappa shape index (κ1) is 11.4. The maximum Gasteiger partial charge on any atom is 0.119 e. The molecule has 2 rings (SSSR count). The number of nitrogens with two attached hydrogens (primary N) is 1. The maximum atomic E-state index is 5.71. The van der Waals surface area contributed by atoms with Crippen LogP contribution in [0.1, 0.15) is 18.4 Å². The van der Waals surface area contributed by atoms with Gasteiger partial charge in [-0.15, -0.1) is 0 Å². The molecular formula is C13H19NO2. The van der Waals surface area contributed by atoms with Gasteiger partial charge in [0.2, 0.25) is 0 Å². The van der Waals surface area contributed by atoms with Crippen LogP contribution in [0, 0.1) is 0 Å². The summed E-state index contributed by atoms with van der Waals surface area (Å²) in [5.74, 6) is 0.918. The third kappa shape index (κ3) is 3.22. The molecule has 0 radical (unpaired) electrons. The first-order chi connectivity index (χ1) is 7.88. The third-order valence-electron chi connectivity index (χ3n) is 2.79. The van der Waals surface area contributed by atoms with Crippen LogP contribution in [-0.2, 0) is 11.2 Å². The fourth-order valence-corrected chi connectivity index (χ4v) is 1.92. The number of hydrogen-bond acceptors (Lipinski definition) is 3. The van der Waals surface area contributed by atoms with E-state index >= 15 is 0 Å². The summed E-state index contributed by atoms with van der Waals surface area (Å²) in [6, 6.07) is 8.12. The lowest BCUT2D eigenvalue weighted by molar-refractivity contribution is 0.0679. The Hall–Kier alpha value is -1.06. The zero-order valence-electron chi connectivity index (χ0n) is 9.52. The van der Waals surface area contributed by atoms with E-state index in [1.54, 1.807) is 0 Å². The van der Waals surface area contributed by atoms with E-state index in [0.29, 0.717) is 13.2 Å². The normalized spacial score (nSPS) is 19.9. The van der Waals surface area contributed by atoms with Crippen LogP contribution in [0.25, 0.3) is 0 Å². The summed E-state index contributed by atoms with van der Waals surface area (Å²) in [5.41, 5.74) is 6.75. The molecule has 2 N–H and O–H groups in total. The summed E-state index contributed by atoms with van der Waals surface area (Å²) in [4.78, 5) is 0. The van der Waals surface area contributed by atoms with Crippen molar-refractivity contribution >= 4 is 0 Å². The first-order valence-electron chi connectivity index (χ1n) is 5.92. The van der Waals surface area contributed by atoms with Crippen molar-refractivity contribution < 1.29 is 9.47 Å². The van der Waals surface area contributed by atoms with Gasteiger partial charge in [-0.05, 0) is 43.5 Å². The Balaban J connectivity index is 1.85. The Kier molecular flexibility index (Phi) is 4.19. The van der Waals surface area contributed by atoms with Gasteiger partial charge in [0.05, 0.1) is 6.10 Å². The summed E-state index contributed by atoms with van der Waals surface area (Å²) < 4.78 is 11.2. The second-order valence-corrected chi connectivity index (χ2v) is 4.13. The van der Waals surface area contributed by atoms with Crippen molar-refractivity contribution in [1.82, 2.24) is 0 Å². The first-order valence-corrected chi connectivity index (χ1v) is 5.92. The number of rotatable bonds is 5. The summed E-state index contributed by atoms with van der Waals surface area (Å²) in [6.07, 6.45) is 3.44. The number of benzene rings is 1. The lowest BCUT2D eigenvalue weighted by atomic mass is 10.1. The Labute approximate surface area is 96.5 Å². The molecule has 0 aliphatic carbocycles. The van der Waals surface area contributed by atoms with E-state index in [-0.39, 0.29) is 6.10 Å². The van der Waals surface area contributed by atoms with Crippen molar-refractivity contribution in [1.29, 1.82) is 0 Å². The second kappa shape index (κ2) is 5.87. The maximum absolute atomic E-state index is 5.71. The Morgan fingerprint density at radius 3 is 3.12 bits per heavy atom. The topological polar surface area (TPSA) is 44.5 Å². The molecule has 1 heterocycles. The molecule has 16 heavy (non-hydrogen) atoms. The molecule has 0 spiro atoms. The number of ether oxygens (including phenoxy) is 2. The van der Waals surface area contributed by atoms with Crippen molar-refractivity contribution in [3.63, 3.8) is 0 Å². The van der Waals surface area contributed by atoms with Gasteiger partial charge in [-0.1, -0.05) is 12.1 Å². The van der Waals surface area contributed by atoms with E-state index in [1.807, 2.05) is 12.1 Å². The summed E-state index contributed by atoms with van der Waals surface area (Å²) in [5, 5.41) is 0. The van der Waals surface area contributed by atoms with Crippen LogP contribution in [0.3, 0.4) is 0 Å². The average molecular weight is 221 g/mol. The quantitative estimate of drug-likeness (QED) is 0.823. The molecular weight excluding hydrogens is 202 g/mol. The van der Waals surface area contributed by atoms with Crippen LogP contribution in [0.2, 0.25) is 0 Å². The van der Waals surface area contributed by atoms with Crippen LogP contribution in [-0.4, -0.2) is 25.9 Å². The molecule has 1 unspecified atom stereocenters. The Morgan fingerprint density at radius 1 is 1.44 bits per heavy atom. The van der Waals surface area contributed by atoms with Gasteiger partial charge in [0, 0.05) is 6.61 Å². The third-order valence-corrected chi connectivity index (χ3v) is 2.79. The van der Waals surface area contributed by atoms with Crippen LogP contribution in [0.5, 0.6) is 5.75 Å². The Morgan fingerprint density at radius 2 is 2.38 bits per heavy atom. The predicted octanol–water partition coefficient (Wildman–Crippen LogP) is 1.75. The largest absolute Gasteiger partial charge is 0.491 e. The van der Waals surface area contributed by atoms with Gasteiger partial charge < -0.3 is 15.2 Å². The minimum atomic E-state index is 0.276. The monoisotopic (exact) mass is 221 g/mol. The van der Waals surface area contributed by atoms with Gasteiger partial charge in [-0.3, -0.25) is 0 Å². The molecule has 0 amide bonds. The van der Waals surface area contributed by atoms with E-state index in [0.717, 1.165) is 31.6 Å². The van der Waals surface area contributed by atoms with Crippen LogP contribution >= 0.6 is 0 Å². The molecule has 1 atom stereocenters. The van der Waals surface area contributed by atoms with Gasteiger partial charge in [0.15, 0.2) is 0 Å². The van der Waals surface area contributed by atoms with Gasteiger partial charge in [0.1, 0.15) is 12.4 Å². The minimum Gasteiger partial charge on any atom is -0.491 e. The molecule has 1 saturated heterocycles. The fourth-order valence-electron chi connectivity index (χ4n) is 1.92. The lowest BCUT2D eigenvalue weighted by Crippen LogP contribution is -2.16. The Bertz CT molecular complexity index is 321. The highest BCUT2D eigenvalue weighted by Crippen LogP contribution is 2.17. The van der Waals surface area contributed by atoms with E-state index in [4.69, 9.17) is 15.2 Å². The molecule has 1 fully saturated rings. The molecule has 0 saturated carbocycles. The van der Waals surface area contributed by atoms with Crippen molar-refractivity contribution in [2.75, 3.05) is 19.8 Å². The van der Waals surface area contributed by atoms with Crippen molar-refractivity contribution in [3.05, 3.63) is 29.8 Å². The zero-order valence-corrected chi connectivity index (χ0v) is 9.52. The fraction of sp³-hybridized carbons (Fsp3) is 0.538. The minimum absolute atomic E-state index is 0.276. The predicted molar refractivity (Wildman–Crippen MR) is 63.7 cm³/mol. The van der Waals surface area contributed by atoms with E-state index in [2.05, 4.69) is 12.1 Å². The highest BCUT2D eigenvalue weighted by atomic mass is 16.5. The smallest absolute Gasteiger partial charge is 0.119 e. The molecule has 1 aliphatic heterocycles. The molecule has 0 bridgehead atoms. The molecule has 1 aliphatic rings. The molecule has 1 aromatic rings. The average Bonchev–Trinajstić information content (AvgIpc) is 2.80. The molecule has 1 aromatic carbocycles. The van der Waals surface area contributed by atoms with Gasteiger partial charge >= 0.3 is 0 Å². The summed E-state index contributed by atoms with van der Waals surface area (Å²) in [7, 11) is 0. The van der Waals surface area contributed by atoms with Gasteiger partial charge in [-0.25, -0.2) is 0 Å². The number of hydrogen-bond donors (Lipinski definition) is 1. The SMILES string of the molecule is NCCc1cccc(OCC2CCCO2)c1. The van der Waals surface area contributed by atoms with Crippen LogP contribution in [0.15, 0.2) is 24.3 Å².